The molecule has 0 aromatic heterocycles. The summed E-state index contributed by atoms with van der Waals surface area (Å²) in [6.07, 6.45) is 1.57. The molecule has 8 heteroatoms. The molecule has 0 aliphatic carbocycles. The fraction of sp³-hybridized carbons (Fsp3) is 0.182. The van der Waals surface area contributed by atoms with Crippen LogP contribution in [0.1, 0.15) is 5.56 Å². The Balaban J connectivity index is 2.86. The molecule has 0 spiro atoms. The molecule has 0 radical (unpaired) electrons. The van der Waals surface area contributed by atoms with Gasteiger partial charge in [-0.05, 0) is 18.2 Å². The van der Waals surface area contributed by atoms with E-state index in [4.69, 9.17) is 26.7 Å². The molecule has 0 aliphatic rings. The van der Waals surface area contributed by atoms with Crippen molar-refractivity contribution in [1.29, 1.82) is 0 Å². The van der Waals surface area contributed by atoms with Gasteiger partial charge >= 0.3 is 0 Å². The lowest BCUT2D eigenvalue weighted by Gasteiger charge is -2.09. The molecule has 1 aromatic carbocycles. The van der Waals surface area contributed by atoms with E-state index in [-0.39, 0.29) is 12.6 Å². The Morgan fingerprint density at radius 2 is 2.11 bits per heavy atom. The lowest BCUT2D eigenvalue weighted by Crippen LogP contribution is -2.63. The number of hydrogen-bond acceptors (Lipinski definition) is 4. The van der Waals surface area contributed by atoms with E-state index in [1.54, 1.807) is 24.4 Å². The Kier molecular flexibility index (Phi) is 5.15. The highest BCUT2D eigenvalue weighted by atomic mass is 16.5. The Morgan fingerprint density at radius 1 is 1.37 bits per heavy atom. The molecule has 0 saturated carbocycles. The number of ether oxygens (including phenoxy) is 2. The molecule has 1 amide bonds. The van der Waals surface area contributed by atoms with E-state index in [2.05, 4.69) is 10.2 Å². The number of methoxy groups -OCH3 is 1. The van der Waals surface area contributed by atoms with Gasteiger partial charge in [0.05, 0.1) is 7.11 Å². The van der Waals surface area contributed by atoms with Gasteiger partial charge in [-0.15, -0.1) is 5.10 Å². The molecule has 1 rings (SSSR count). The van der Waals surface area contributed by atoms with Crippen molar-refractivity contribution < 1.29 is 19.4 Å². The van der Waals surface area contributed by atoms with Crippen LogP contribution in [0.4, 0.5) is 0 Å². The Hall–Kier alpha value is -2.77. The van der Waals surface area contributed by atoms with E-state index in [0.717, 1.165) is 5.56 Å². The maximum absolute atomic E-state index is 10.6. The van der Waals surface area contributed by atoms with Crippen LogP contribution in [0, 0.1) is 0 Å². The van der Waals surface area contributed by atoms with Crippen molar-refractivity contribution in [3.63, 3.8) is 0 Å². The van der Waals surface area contributed by atoms with Crippen LogP contribution >= 0.6 is 0 Å². The molecular weight excluding hydrogens is 250 g/mol. The summed E-state index contributed by atoms with van der Waals surface area (Å²) in [6.45, 7) is -0.217. The lowest BCUT2D eigenvalue weighted by atomic mass is 10.2. The predicted molar refractivity (Wildman–Crippen MR) is 69.6 cm³/mol. The lowest BCUT2D eigenvalue weighted by molar-refractivity contribution is -0.456. The first-order valence-corrected chi connectivity index (χ1v) is 5.29. The van der Waals surface area contributed by atoms with Crippen molar-refractivity contribution in [2.24, 2.45) is 22.3 Å². The predicted octanol–water partition coefficient (Wildman–Crippen LogP) is -2.75. The summed E-state index contributed by atoms with van der Waals surface area (Å²) in [7, 11) is 1.49. The number of carbonyl (C=O) groups is 1. The number of nitrogens with two attached hydrogens (primary N) is 3. The van der Waals surface area contributed by atoms with Gasteiger partial charge in [0.2, 0.25) is 6.21 Å². The molecule has 0 fully saturated rings. The molecule has 1 aromatic rings. The van der Waals surface area contributed by atoms with Gasteiger partial charge in [0.1, 0.15) is 0 Å². The Bertz CT molecular complexity index is 509. The van der Waals surface area contributed by atoms with Crippen LogP contribution in [0.3, 0.4) is 0 Å². The second-order valence-electron chi connectivity index (χ2n) is 3.48. The summed E-state index contributed by atoms with van der Waals surface area (Å²) < 4.78 is 10.3. The fourth-order valence-electron chi connectivity index (χ4n) is 1.22. The van der Waals surface area contributed by atoms with Gasteiger partial charge in [-0.2, -0.15) is 0 Å². The average Bonchev–Trinajstić information content (AvgIpc) is 2.36. The summed E-state index contributed by atoms with van der Waals surface area (Å²) >= 11 is 0. The summed E-state index contributed by atoms with van der Waals surface area (Å²) in [4.78, 5) is 10.6. The standard InChI is InChI=1S/C11H15N5O3/c1-18-9-4-7(5-15-16-11(13)14)2-3-8(9)19-6-10(12)17/h2-5H,6H2,1H3,(H2,12,17)(H4,13,14,16)/p+1/b15-5-. The number of nitrogens with zero attached hydrogens (tertiary/aromatic N) is 1. The van der Waals surface area contributed by atoms with E-state index in [9.17, 15) is 4.79 Å². The molecule has 0 saturated heterocycles. The minimum absolute atomic E-state index is 0.0790. The van der Waals surface area contributed by atoms with Gasteiger partial charge in [-0.3, -0.25) is 4.79 Å². The number of nitrogens with one attached hydrogen (secondary N) is 1. The normalized spacial score (nSPS) is 10.2. The maximum Gasteiger partial charge on any atom is 0.256 e. The quantitative estimate of drug-likeness (QED) is 0.251. The first-order chi connectivity index (χ1) is 9.02. The third-order valence-corrected chi connectivity index (χ3v) is 1.98. The van der Waals surface area contributed by atoms with Gasteiger partial charge in [0.25, 0.3) is 11.9 Å². The minimum atomic E-state index is -0.563. The number of carbonyl (C=O) groups excluding carboxylic acids is 1. The summed E-state index contributed by atoms with van der Waals surface area (Å²) in [5, 5.41) is 6.16. The van der Waals surface area contributed by atoms with Crippen molar-refractivity contribution in [3.8, 4) is 11.5 Å². The van der Waals surface area contributed by atoms with Crippen molar-refractivity contribution in [2.45, 2.75) is 0 Å². The second kappa shape index (κ2) is 6.84. The first kappa shape index (κ1) is 14.3. The summed E-state index contributed by atoms with van der Waals surface area (Å²) in [5.41, 5.74) is 16.1. The van der Waals surface area contributed by atoms with Crippen LogP contribution in [0.2, 0.25) is 0 Å². The summed E-state index contributed by atoms with van der Waals surface area (Å²) in [6, 6.07) is 5.06. The van der Waals surface area contributed by atoms with E-state index in [1.165, 1.54) is 7.11 Å². The van der Waals surface area contributed by atoms with E-state index in [0.29, 0.717) is 11.5 Å². The average molecular weight is 266 g/mol. The molecule has 8 nitrogen and oxygen atoms in total. The van der Waals surface area contributed by atoms with Gasteiger partial charge in [0.15, 0.2) is 18.1 Å². The zero-order chi connectivity index (χ0) is 14.3. The zero-order valence-electron chi connectivity index (χ0n) is 10.4. The number of benzene rings is 1. The number of rotatable bonds is 6. The van der Waals surface area contributed by atoms with Gasteiger partial charge in [-0.1, -0.05) is 0 Å². The van der Waals surface area contributed by atoms with Crippen molar-refractivity contribution in [2.75, 3.05) is 13.7 Å². The highest BCUT2D eigenvalue weighted by molar-refractivity contribution is 5.78. The van der Waals surface area contributed by atoms with E-state index >= 15 is 0 Å². The van der Waals surface area contributed by atoms with Crippen LogP contribution in [0.15, 0.2) is 23.3 Å². The zero-order valence-corrected chi connectivity index (χ0v) is 10.4. The SMILES string of the molecule is COc1cc(/C=[NH+]\N=C(N)N)ccc1OCC(N)=O. The van der Waals surface area contributed by atoms with E-state index < -0.39 is 5.91 Å². The van der Waals surface area contributed by atoms with Gasteiger partial charge in [0, 0.05) is 10.7 Å². The first-order valence-electron chi connectivity index (χ1n) is 5.29. The monoisotopic (exact) mass is 266 g/mol. The number of primary amides is 1. The molecule has 0 unspecified atom stereocenters. The highest BCUT2D eigenvalue weighted by Gasteiger charge is 2.07. The molecular formula is C11H16N5O3+. The fourth-order valence-corrected chi connectivity index (χ4v) is 1.22. The topological polar surface area (TPSA) is 140 Å². The van der Waals surface area contributed by atoms with Gasteiger partial charge in [-0.25, -0.2) is 0 Å². The van der Waals surface area contributed by atoms with Crippen LogP contribution < -0.4 is 31.8 Å². The molecule has 0 heterocycles. The van der Waals surface area contributed by atoms with Crippen molar-refractivity contribution in [1.82, 2.24) is 0 Å². The summed E-state index contributed by atoms with van der Waals surface area (Å²) in [5.74, 6) is 0.235. The smallest absolute Gasteiger partial charge is 0.256 e. The number of hydrogen-bond donors (Lipinski definition) is 4. The Morgan fingerprint density at radius 3 is 2.68 bits per heavy atom. The third kappa shape index (κ3) is 4.94. The second-order valence-corrected chi connectivity index (χ2v) is 3.48. The molecule has 0 bridgehead atoms. The molecule has 19 heavy (non-hydrogen) atoms. The van der Waals surface area contributed by atoms with Crippen LogP contribution in [0.25, 0.3) is 0 Å². The number of amides is 1. The Labute approximate surface area is 109 Å². The van der Waals surface area contributed by atoms with E-state index in [1.807, 2.05) is 0 Å². The highest BCUT2D eigenvalue weighted by Crippen LogP contribution is 2.27. The number of hydrazone groups is 1. The van der Waals surface area contributed by atoms with Crippen molar-refractivity contribution in [3.05, 3.63) is 23.8 Å². The van der Waals surface area contributed by atoms with Crippen LogP contribution in [0.5, 0.6) is 11.5 Å². The molecule has 7 N–H and O–H groups in total. The van der Waals surface area contributed by atoms with Crippen LogP contribution in [-0.4, -0.2) is 31.8 Å². The minimum Gasteiger partial charge on any atom is -0.493 e. The maximum atomic E-state index is 10.6. The molecule has 0 aliphatic heterocycles. The number of guanidine groups is 1. The van der Waals surface area contributed by atoms with Crippen LogP contribution in [-0.2, 0) is 4.79 Å². The third-order valence-electron chi connectivity index (χ3n) is 1.98. The molecule has 0 atom stereocenters. The van der Waals surface area contributed by atoms with Crippen molar-refractivity contribution >= 4 is 18.1 Å². The largest absolute Gasteiger partial charge is 0.493 e. The molecule has 102 valence electrons. The van der Waals surface area contributed by atoms with Gasteiger partial charge < -0.3 is 26.7 Å².